The van der Waals surface area contributed by atoms with E-state index in [1.807, 2.05) is 0 Å². The number of hydrogen-bond donors (Lipinski definition) is 1. The highest BCUT2D eigenvalue weighted by molar-refractivity contribution is 4.80. The van der Waals surface area contributed by atoms with E-state index >= 15 is 0 Å². The Morgan fingerprint density at radius 1 is 1.12 bits per heavy atom. The Balaban J connectivity index is 2.29. The van der Waals surface area contributed by atoms with Crippen molar-refractivity contribution in [2.45, 2.75) is 58.3 Å². The molecule has 2 N–H and O–H groups in total. The Morgan fingerprint density at radius 3 is 2.59 bits per heavy atom. The summed E-state index contributed by atoms with van der Waals surface area (Å²) in [7, 11) is 1.79. The summed E-state index contributed by atoms with van der Waals surface area (Å²) in [5, 5.41) is 0. The lowest BCUT2D eigenvalue weighted by atomic mass is 9.71. The standard InChI is InChI=1S/C15H31NO/c1-3-6-13-8-9-15(12-16)14(11-13)7-4-5-10-17-2/h13-15H,3-12,16H2,1-2H3. The van der Waals surface area contributed by atoms with Crippen molar-refractivity contribution < 1.29 is 4.74 Å². The number of methoxy groups -OCH3 is 1. The molecule has 1 aliphatic carbocycles. The number of ether oxygens (including phenoxy) is 1. The molecule has 0 radical (unpaired) electrons. The van der Waals surface area contributed by atoms with Crippen LogP contribution in [0.4, 0.5) is 0 Å². The van der Waals surface area contributed by atoms with E-state index in [0.717, 1.165) is 30.9 Å². The lowest BCUT2D eigenvalue weighted by Crippen LogP contribution is -2.30. The highest BCUT2D eigenvalue weighted by Gasteiger charge is 2.28. The number of hydrogen-bond acceptors (Lipinski definition) is 2. The summed E-state index contributed by atoms with van der Waals surface area (Å²) in [6, 6.07) is 0. The molecular formula is C15H31NO. The largest absolute Gasteiger partial charge is 0.385 e. The maximum absolute atomic E-state index is 5.92. The van der Waals surface area contributed by atoms with Crippen LogP contribution in [0.2, 0.25) is 0 Å². The van der Waals surface area contributed by atoms with Gasteiger partial charge in [0.15, 0.2) is 0 Å². The molecule has 0 aromatic heterocycles. The zero-order valence-electron chi connectivity index (χ0n) is 11.8. The van der Waals surface area contributed by atoms with Gasteiger partial charge in [0, 0.05) is 13.7 Å². The van der Waals surface area contributed by atoms with Crippen LogP contribution >= 0.6 is 0 Å². The van der Waals surface area contributed by atoms with E-state index in [9.17, 15) is 0 Å². The lowest BCUT2D eigenvalue weighted by Gasteiger charge is -2.36. The third kappa shape index (κ3) is 5.39. The van der Waals surface area contributed by atoms with Gasteiger partial charge >= 0.3 is 0 Å². The van der Waals surface area contributed by atoms with E-state index in [1.54, 1.807) is 7.11 Å². The maximum atomic E-state index is 5.92. The molecule has 0 aromatic rings. The first-order valence-corrected chi connectivity index (χ1v) is 7.50. The van der Waals surface area contributed by atoms with Crippen LogP contribution in [-0.2, 0) is 4.74 Å². The molecule has 2 heteroatoms. The third-order valence-corrected chi connectivity index (χ3v) is 4.42. The zero-order chi connectivity index (χ0) is 12.5. The van der Waals surface area contributed by atoms with Gasteiger partial charge in [-0.1, -0.05) is 39.0 Å². The van der Waals surface area contributed by atoms with Gasteiger partial charge in [-0.25, -0.2) is 0 Å². The van der Waals surface area contributed by atoms with Gasteiger partial charge in [-0.15, -0.1) is 0 Å². The maximum Gasteiger partial charge on any atom is 0.0462 e. The minimum atomic E-state index is 0.797. The SMILES string of the molecule is CCCC1CCC(CN)C(CCCCOC)C1. The van der Waals surface area contributed by atoms with Gasteiger partial charge in [0.2, 0.25) is 0 Å². The second-order valence-electron chi connectivity index (χ2n) is 5.71. The summed E-state index contributed by atoms with van der Waals surface area (Å²) in [6.07, 6.45) is 10.9. The fraction of sp³-hybridized carbons (Fsp3) is 1.00. The van der Waals surface area contributed by atoms with E-state index in [4.69, 9.17) is 10.5 Å². The Morgan fingerprint density at radius 2 is 1.94 bits per heavy atom. The zero-order valence-corrected chi connectivity index (χ0v) is 11.8. The van der Waals surface area contributed by atoms with Crippen LogP contribution in [0.5, 0.6) is 0 Å². The number of rotatable bonds is 8. The van der Waals surface area contributed by atoms with E-state index in [-0.39, 0.29) is 0 Å². The van der Waals surface area contributed by atoms with Crippen molar-refractivity contribution in [2.75, 3.05) is 20.3 Å². The van der Waals surface area contributed by atoms with E-state index in [0.29, 0.717) is 0 Å². The van der Waals surface area contributed by atoms with Crippen molar-refractivity contribution in [2.24, 2.45) is 23.5 Å². The van der Waals surface area contributed by atoms with E-state index in [1.165, 1.54) is 51.4 Å². The second kappa shape index (κ2) is 8.93. The van der Waals surface area contributed by atoms with Gasteiger partial charge in [0.25, 0.3) is 0 Å². The molecule has 17 heavy (non-hydrogen) atoms. The molecule has 0 aliphatic heterocycles. The van der Waals surface area contributed by atoms with Crippen LogP contribution in [0.1, 0.15) is 58.3 Å². The van der Waals surface area contributed by atoms with Gasteiger partial charge in [-0.05, 0) is 43.6 Å². The van der Waals surface area contributed by atoms with Crippen molar-refractivity contribution in [1.29, 1.82) is 0 Å². The molecule has 0 amide bonds. The predicted octanol–water partition coefficient (Wildman–Crippen LogP) is 3.59. The summed E-state index contributed by atoms with van der Waals surface area (Å²) in [4.78, 5) is 0. The van der Waals surface area contributed by atoms with E-state index in [2.05, 4.69) is 6.92 Å². The Bertz CT molecular complexity index is 184. The van der Waals surface area contributed by atoms with Gasteiger partial charge in [-0.3, -0.25) is 0 Å². The topological polar surface area (TPSA) is 35.2 Å². The molecule has 0 aromatic carbocycles. The Labute approximate surface area is 107 Å². The smallest absolute Gasteiger partial charge is 0.0462 e. The van der Waals surface area contributed by atoms with Crippen LogP contribution in [0, 0.1) is 17.8 Å². The van der Waals surface area contributed by atoms with Gasteiger partial charge in [0.05, 0.1) is 0 Å². The monoisotopic (exact) mass is 241 g/mol. The van der Waals surface area contributed by atoms with E-state index < -0.39 is 0 Å². The molecule has 0 bridgehead atoms. The Kier molecular flexibility index (Phi) is 7.87. The minimum Gasteiger partial charge on any atom is -0.385 e. The number of unbranched alkanes of at least 4 members (excludes halogenated alkanes) is 1. The second-order valence-corrected chi connectivity index (χ2v) is 5.71. The fourth-order valence-electron chi connectivity index (χ4n) is 3.41. The van der Waals surface area contributed by atoms with Crippen molar-refractivity contribution in [3.63, 3.8) is 0 Å². The van der Waals surface area contributed by atoms with Crippen LogP contribution in [0.25, 0.3) is 0 Å². The molecule has 102 valence electrons. The van der Waals surface area contributed by atoms with Gasteiger partial charge in [0.1, 0.15) is 0 Å². The number of nitrogens with two attached hydrogens (primary N) is 1. The summed E-state index contributed by atoms with van der Waals surface area (Å²) in [5.74, 6) is 2.67. The Hall–Kier alpha value is -0.0800. The third-order valence-electron chi connectivity index (χ3n) is 4.42. The molecule has 3 atom stereocenters. The van der Waals surface area contributed by atoms with Gasteiger partial charge in [-0.2, -0.15) is 0 Å². The average Bonchev–Trinajstić information content (AvgIpc) is 2.35. The molecule has 2 nitrogen and oxygen atoms in total. The fourth-order valence-corrected chi connectivity index (χ4v) is 3.41. The molecule has 0 heterocycles. The van der Waals surface area contributed by atoms with Crippen molar-refractivity contribution in [3.8, 4) is 0 Å². The summed E-state index contributed by atoms with van der Waals surface area (Å²) < 4.78 is 5.12. The van der Waals surface area contributed by atoms with Crippen LogP contribution in [-0.4, -0.2) is 20.3 Å². The first-order chi connectivity index (χ1) is 8.31. The first-order valence-electron chi connectivity index (χ1n) is 7.50. The average molecular weight is 241 g/mol. The van der Waals surface area contributed by atoms with Crippen molar-refractivity contribution in [1.82, 2.24) is 0 Å². The van der Waals surface area contributed by atoms with Crippen LogP contribution in [0.15, 0.2) is 0 Å². The molecule has 1 saturated carbocycles. The molecule has 1 fully saturated rings. The predicted molar refractivity (Wildman–Crippen MR) is 74.0 cm³/mol. The van der Waals surface area contributed by atoms with Crippen molar-refractivity contribution >= 4 is 0 Å². The van der Waals surface area contributed by atoms with Crippen LogP contribution in [0.3, 0.4) is 0 Å². The molecule has 1 aliphatic rings. The normalized spacial score (nSPS) is 29.5. The highest BCUT2D eigenvalue weighted by Crippen LogP contribution is 2.38. The minimum absolute atomic E-state index is 0.797. The lowest BCUT2D eigenvalue weighted by molar-refractivity contribution is 0.153. The summed E-state index contributed by atoms with van der Waals surface area (Å²) in [5.41, 5.74) is 5.92. The summed E-state index contributed by atoms with van der Waals surface area (Å²) >= 11 is 0. The molecule has 0 saturated heterocycles. The molecule has 1 rings (SSSR count). The molecule has 3 unspecified atom stereocenters. The summed E-state index contributed by atoms with van der Waals surface area (Å²) in [6.45, 7) is 4.12. The quantitative estimate of drug-likeness (QED) is 0.659. The first kappa shape index (κ1) is 15.0. The van der Waals surface area contributed by atoms with Gasteiger partial charge < -0.3 is 10.5 Å². The van der Waals surface area contributed by atoms with Crippen molar-refractivity contribution in [3.05, 3.63) is 0 Å². The van der Waals surface area contributed by atoms with Crippen LogP contribution < -0.4 is 5.73 Å². The highest BCUT2D eigenvalue weighted by atomic mass is 16.5. The molecule has 0 spiro atoms. The molecular weight excluding hydrogens is 210 g/mol.